The summed E-state index contributed by atoms with van der Waals surface area (Å²) in [5.41, 5.74) is -6.21. The van der Waals surface area contributed by atoms with Gasteiger partial charge in [-0.05, 0) is 155 Å². The van der Waals surface area contributed by atoms with Crippen molar-refractivity contribution in [3.63, 3.8) is 0 Å². The fourth-order valence-electron chi connectivity index (χ4n) is 12.5. The van der Waals surface area contributed by atoms with Gasteiger partial charge in [-0.15, -0.1) is 0 Å². The lowest BCUT2D eigenvalue weighted by molar-refractivity contribution is -0.364. The minimum Gasteiger partial charge on any atom is -0.171 e. The molecule has 0 aromatic heterocycles. The van der Waals surface area contributed by atoms with Crippen LogP contribution >= 0.6 is 0 Å². The molecule has 74 heavy (non-hydrogen) atoms. The number of hydrogen-bond acceptors (Lipinski definition) is 0. The molecule has 3 unspecified atom stereocenters. The molecule has 0 spiro atoms. The van der Waals surface area contributed by atoms with Crippen LogP contribution in [-0.2, 0) is 0 Å². The average Bonchev–Trinajstić information content (AvgIpc) is 3.24. The number of hydrogen-bond donors (Lipinski definition) is 0. The number of fused-ring (bicyclic) bond motifs is 3. The lowest BCUT2D eigenvalue weighted by atomic mass is 9.57. The Morgan fingerprint density at radius 1 is 0.338 bits per heavy atom. The molecule has 0 N–H and O–H groups in total. The van der Waals surface area contributed by atoms with E-state index in [2.05, 4.69) is 13.8 Å². The summed E-state index contributed by atoms with van der Waals surface area (Å²) in [5, 5.41) is 0. The molecule has 8 aliphatic rings. The van der Waals surface area contributed by atoms with E-state index >= 15 is 0 Å². The van der Waals surface area contributed by atoms with Crippen LogP contribution in [0.25, 0.3) is 0 Å². The van der Waals surface area contributed by atoms with Crippen molar-refractivity contribution in [3.05, 3.63) is 0 Å². The molecular weight excluding hydrogens is 1040 g/mol. The molecule has 8 fully saturated rings. The van der Waals surface area contributed by atoms with Crippen LogP contribution in [0.4, 0.5) is 92.2 Å². The summed E-state index contributed by atoms with van der Waals surface area (Å²) >= 11 is 0. The van der Waals surface area contributed by atoms with Crippen LogP contribution in [0.3, 0.4) is 0 Å². The van der Waals surface area contributed by atoms with Gasteiger partial charge in [0.1, 0.15) is 0 Å². The third kappa shape index (κ3) is 18.8. The maximum absolute atomic E-state index is 12.6. The Bertz CT molecular complexity index is 1540. The second kappa shape index (κ2) is 26.7. The number of alkyl halides is 21. The lowest BCUT2D eigenvalue weighted by Crippen LogP contribution is -2.55. The van der Waals surface area contributed by atoms with Crippen molar-refractivity contribution < 1.29 is 92.2 Å². The summed E-state index contributed by atoms with van der Waals surface area (Å²) < 4.78 is 260. The first-order valence-corrected chi connectivity index (χ1v) is 26.8. The molecule has 0 aliphatic heterocycles. The molecule has 0 heterocycles. The molecule has 21 heteroatoms. The van der Waals surface area contributed by atoms with Crippen molar-refractivity contribution in [2.24, 2.45) is 81.3 Å². The molecule has 7 atom stereocenters. The van der Waals surface area contributed by atoms with Gasteiger partial charge < -0.3 is 0 Å². The van der Waals surface area contributed by atoms with Gasteiger partial charge in [0.25, 0.3) is 0 Å². The van der Waals surface area contributed by atoms with E-state index in [9.17, 15) is 92.2 Å². The zero-order chi connectivity index (χ0) is 57.3. The highest BCUT2D eigenvalue weighted by molar-refractivity contribution is 4.99. The monoisotopic (exact) mass is 1120 g/mol. The first-order chi connectivity index (χ1) is 33.4. The standard InChI is InChI=1S/C10H18.2C9H12F6.C9H15F3.2C8H13F3/c1-8-7-9-3-5-10(8,2)6-4-9;1-6-2-4-7(5-3-6,8(10,11)12)9(13,14)15;1-6-4-2-3-5-7(6,8(10,11)12)9(13,14)15;1-6-4-3-5-8(7(6)2)9(10,11)12;1-6-2-4-7(5-3-6)8(9,10)11;1-6-3-2-4-7(5-6)8(9,10)11/h8-9H,3-7H2,1-2H3;2*6H,2-5H2,1H3;6-8H,3-5H2,1-2H3;2*6-7H,2-5H2,1H3/t8-,9?,10?;;6-;6?,7-,8?;;6-,7?/m0.11.1/s1. The highest BCUT2D eigenvalue weighted by atomic mass is 19.4. The van der Waals surface area contributed by atoms with Gasteiger partial charge in [-0.2, -0.15) is 92.2 Å². The molecule has 0 saturated heterocycles. The topological polar surface area (TPSA) is 0 Å². The van der Waals surface area contributed by atoms with Crippen molar-refractivity contribution >= 4 is 0 Å². The van der Waals surface area contributed by atoms with Crippen LogP contribution < -0.4 is 0 Å². The minimum absolute atomic E-state index is 0.0106. The molecule has 0 radical (unpaired) electrons. The Morgan fingerprint density at radius 3 is 1.12 bits per heavy atom. The Hall–Kier alpha value is -1.47. The second-order valence-corrected chi connectivity index (χ2v) is 24.0. The molecule has 8 aliphatic carbocycles. The second-order valence-electron chi connectivity index (χ2n) is 24.0. The summed E-state index contributed by atoms with van der Waals surface area (Å²) in [6.07, 6.45) is -20.6. The molecular formula is C53H83F21. The summed E-state index contributed by atoms with van der Waals surface area (Å²) in [7, 11) is 0. The van der Waals surface area contributed by atoms with Gasteiger partial charge in [-0.25, -0.2) is 0 Å². The first-order valence-electron chi connectivity index (χ1n) is 26.8. The van der Waals surface area contributed by atoms with Gasteiger partial charge in [0, 0.05) is 0 Å². The van der Waals surface area contributed by atoms with E-state index < -0.39 is 97.0 Å². The zero-order valence-corrected chi connectivity index (χ0v) is 44.3. The van der Waals surface area contributed by atoms with Crippen LogP contribution in [0.1, 0.15) is 209 Å². The van der Waals surface area contributed by atoms with E-state index in [1.54, 1.807) is 13.8 Å². The summed E-state index contributed by atoms with van der Waals surface area (Å²) in [4.78, 5) is 0. The Balaban J connectivity index is 0.000000306. The van der Waals surface area contributed by atoms with Crippen molar-refractivity contribution in [2.75, 3.05) is 0 Å². The largest absolute Gasteiger partial charge is 0.403 e. The highest BCUT2D eigenvalue weighted by Gasteiger charge is 2.73. The van der Waals surface area contributed by atoms with Gasteiger partial charge >= 0.3 is 43.2 Å². The predicted molar refractivity (Wildman–Crippen MR) is 244 cm³/mol. The van der Waals surface area contributed by atoms with Crippen LogP contribution in [0.2, 0.25) is 0 Å². The van der Waals surface area contributed by atoms with Crippen LogP contribution in [0.15, 0.2) is 0 Å². The molecule has 0 nitrogen and oxygen atoms in total. The maximum Gasteiger partial charge on any atom is 0.403 e. The lowest BCUT2D eigenvalue weighted by Gasteiger charge is -2.49. The van der Waals surface area contributed by atoms with Crippen molar-refractivity contribution in [3.8, 4) is 0 Å². The molecule has 0 aromatic rings. The Kier molecular flexibility index (Phi) is 24.7. The molecule has 2 bridgehead atoms. The first kappa shape index (κ1) is 68.6. The van der Waals surface area contributed by atoms with Crippen molar-refractivity contribution in [1.82, 2.24) is 0 Å². The molecule has 8 rings (SSSR count). The van der Waals surface area contributed by atoms with E-state index in [-0.39, 0.29) is 49.4 Å². The SMILES string of the molecule is CC1CCC(C(F)(F)F)(C(F)(F)F)CC1.CC1CCC(C(F)(F)F)CC1.CC1CCCC(C(F)(F)F)[C@@H]1C.C[C@@H]1CCCC(C(F)(F)F)C1.C[C@@H]1CCCCC1(C(F)(F)F)C(F)(F)F.C[C@H]1CC2CCC1(C)CC2. The Morgan fingerprint density at radius 2 is 0.797 bits per heavy atom. The fourth-order valence-corrected chi connectivity index (χ4v) is 12.5. The van der Waals surface area contributed by atoms with Crippen LogP contribution in [0, 0.1) is 81.3 Å². The average molecular weight is 1120 g/mol. The highest BCUT2D eigenvalue weighted by Crippen LogP contribution is 2.61. The predicted octanol–water partition coefficient (Wildman–Crippen LogP) is 22.2. The van der Waals surface area contributed by atoms with E-state index in [0.29, 0.717) is 44.4 Å². The van der Waals surface area contributed by atoms with E-state index in [4.69, 9.17) is 0 Å². The smallest absolute Gasteiger partial charge is 0.171 e. The zero-order valence-electron chi connectivity index (χ0n) is 44.3. The van der Waals surface area contributed by atoms with E-state index in [0.717, 1.165) is 62.7 Å². The summed E-state index contributed by atoms with van der Waals surface area (Å²) in [5.74, 6) is -1.62. The van der Waals surface area contributed by atoms with Crippen molar-refractivity contribution in [2.45, 2.75) is 253 Å². The summed E-state index contributed by atoms with van der Waals surface area (Å²) in [6.45, 7) is 15.2. The van der Waals surface area contributed by atoms with E-state index in [1.165, 1.54) is 32.1 Å². The maximum atomic E-state index is 12.6. The quantitative estimate of drug-likeness (QED) is 0.212. The van der Waals surface area contributed by atoms with Crippen LogP contribution in [-0.4, -0.2) is 43.2 Å². The third-order valence-electron chi connectivity index (χ3n) is 18.7. The normalized spacial score (nSPS) is 34.0. The molecule has 0 amide bonds. The van der Waals surface area contributed by atoms with Gasteiger partial charge in [0.15, 0.2) is 10.8 Å². The van der Waals surface area contributed by atoms with Gasteiger partial charge in [-0.3, -0.25) is 0 Å². The third-order valence-corrected chi connectivity index (χ3v) is 18.7. The molecule has 8 saturated carbocycles. The summed E-state index contributed by atoms with van der Waals surface area (Å²) in [6, 6.07) is 0. The molecule has 0 aromatic carbocycles. The Labute approximate surface area is 425 Å². The van der Waals surface area contributed by atoms with E-state index in [1.807, 2.05) is 20.8 Å². The number of halogens is 21. The molecule has 442 valence electrons. The van der Waals surface area contributed by atoms with Gasteiger partial charge in [0.05, 0.1) is 17.8 Å². The van der Waals surface area contributed by atoms with Crippen molar-refractivity contribution in [1.29, 1.82) is 0 Å². The minimum atomic E-state index is -5.20. The fraction of sp³-hybridized carbons (Fsp3) is 1.00. The van der Waals surface area contributed by atoms with Crippen LogP contribution in [0.5, 0.6) is 0 Å². The van der Waals surface area contributed by atoms with Gasteiger partial charge in [0.2, 0.25) is 0 Å². The van der Waals surface area contributed by atoms with Gasteiger partial charge in [-0.1, -0.05) is 107 Å². The number of rotatable bonds is 0.